The first-order valence-electron chi connectivity index (χ1n) is 10.4. The number of pyridine rings is 1. The number of thiazole rings is 1. The normalized spacial score (nSPS) is 11.0. The van der Waals surface area contributed by atoms with Crippen molar-refractivity contribution in [3.8, 4) is 5.75 Å². The van der Waals surface area contributed by atoms with Crippen molar-refractivity contribution in [3.63, 3.8) is 0 Å². The zero-order valence-electron chi connectivity index (χ0n) is 18.4. The van der Waals surface area contributed by atoms with Crippen LogP contribution in [0.4, 0.5) is 5.13 Å². The number of ether oxygens (including phenoxy) is 1. The molecule has 0 aliphatic heterocycles. The van der Waals surface area contributed by atoms with E-state index >= 15 is 0 Å². The molecule has 0 atom stereocenters. The first-order valence-corrected chi connectivity index (χ1v) is 12.2. The standard InChI is InChI=1S/C25H25N3O2S2/c1-17-6-9-20(10-7-17)31-14-12-22(29)28(16-19-5-4-13-26-15-19)25-27-23-21(30-3)11-8-18(2)24(23)32-25/h4-11,13,15H,12,14,16H2,1-3H3. The van der Waals surface area contributed by atoms with Crippen LogP contribution in [0, 0.1) is 13.8 Å². The molecule has 0 aliphatic rings. The van der Waals surface area contributed by atoms with Gasteiger partial charge in [-0.05, 0) is 49.2 Å². The summed E-state index contributed by atoms with van der Waals surface area (Å²) >= 11 is 3.22. The Morgan fingerprint density at radius 1 is 1.12 bits per heavy atom. The molecule has 0 fully saturated rings. The summed E-state index contributed by atoms with van der Waals surface area (Å²) in [6, 6.07) is 16.2. The van der Waals surface area contributed by atoms with Gasteiger partial charge in [-0.2, -0.15) is 0 Å². The van der Waals surface area contributed by atoms with Crippen molar-refractivity contribution >= 4 is 44.4 Å². The van der Waals surface area contributed by atoms with Crippen LogP contribution in [0.25, 0.3) is 10.2 Å². The van der Waals surface area contributed by atoms with E-state index in [0.717, 1.165) is 27.1 Å². The topological polar surface area (TPSA) is 55.3 Å². The lowest BCUT2D eigenvalue weighted by atomic mass is 10.2. The maximum absolute atomic E-state index is 13.3. The smallest absolute Gasteiger partial charge is 0.229 e. The molecular formula is C25H25N3O2S2. The predicted molar refractivity (Wildman–Crippen MR) is 133 cm³/mol. The molecule has 0 bridgehead atoms. The minimum absolute atomic E-state index is 0.0455. The molecule has 2 aromatic carbocycles. The second-order valence-corrected chi connectivity index (χ2v) is 9.66. The number of carbonyl (C=O) groups excluding carboxylic acids is 1. The lowest BCUT2D eigenvalue weighted by Gasteiger charge is -2.20. The van der Waals surface area contributed by atoms with Crippen LogP contribution in [-0.2, 0) is 11.3 Å². The van der Waals surface area contributed by atoms with Crippen molar-refractivity contribution in [2.45, 2.75) is 31.7 Å². The highest BCUT2D eigenvalue weighted by Crippen LogP contribution is 2.37. The third-order valence-corrected chi connectivity index (χ3v) is 7.34. The van der Waals surface area contributed by atoms with Crippen LogP contribution in [0.15, 0.2) is 65.8 Å². The molecular weight excluding hydrogens is 438 g/mol. The average molecular weight is 464 g/mol. The number of hydrogen-bond donors (Lipinski definition) is 0. The first kappa shape index (κ1) is 22.3. The van der Waals surface area contributed by atoms with Crippen LogP contribution < -0.4 is 9.64 Å². The number of aryl methyl sites for hydroxylation is 2. The predicted octanol–water partition coefficient (Wildman–Crippen LogP) is 6.03. The second-order valence-electron chi connectivity index (χ2n) is 7.51. The fraction of sp³-hybridized carbons (Fsp3) is 0.240. The highest BCUT2D eigenvalue weighted by atomic mass is 32.2. The van der Waals surface area contributed by atoms with Crippen molar-refractivity contribution in [1.29, 1.82) is 0 Å². The third-order valence-electron chi connectivity index (χ3n) is 5.11. The van der Waals surface area contributed by atoms with Crippen LogP contribution in [-0.4, -0.2) is 28.7 Å². The van der Waals surface area contributed by atoms with Crippen LogP contribution in [0.1, 0.15) is 23.1 Å². The monoisotopic (exact) mass is 463 g/mol. The highest BCUT2D eigenvalue weighted by molar-refractivity contribution is 7.99. The number of hydrogen-bond acceptors (Lipinski definition) is 6. The lowest BCUT2D eigenvalue weighted by molar-refractivity contribution is -0.118. The molecule has 7 heteroatoms. The maximum Gasteiger partial charge on any atom is 0.229 e. The van der Waals surface area contributed by atoms with Gasteiger partial charge in [0.05, 0.1) is 18.4 Å². The summed E-state index contributed by atoms with van der Waals surface area (Å²) in [5.74, 6) is 1.47. The Hall–Kier alpha value is -2.90. The Kier molecular flexibility index (Phi) is 7.07. The zero-order valence-corrected chi connectivity index (χ0v) is 20.0. The van der Waals surface area contributed by atoms with Crippen molar-refractivity contribution in [2.75, 3.05) is 17.8 Å². The molecule has 0 N–H and O–H groups in total. The molecule has 4 rings (SSSR count). The fourth-order valence-electron chi connectivity index (χ4n) is 3.34. The van der Waals surface area contributed by atoms with Crippen molar-refractivity contribution in [2.24, 2.45) is 0 Å². The van der Waals surface area contributed by atoms with Gasteiger partial charge in [0.2, 0.25) is 5.91 Å². The third kappa shape index (κ3) is 5.11. The van der Waals surface area contributed by atoms with E-state index in [0.29, 0.717) is 23.8 Å². The molecule has 0 saturated heterocycles. The van der Waals surface area contributed by atoms with Gasteiger partial charge in [0.25, 0.3) is 0 Å². The summed E-state index contributed by atoms with van der Waals surface area (Å²) < 4.78 is 6.54. The number of fused-ring (bicyclic) bond motifs is 1. The molecule has 5 nitrogen and oxygen atoms in total. The van der Waals surface area contributed by atoms with E-state index < -0.39 is 0 Å². The largest absolute Gasteiger partial charge is 0.494 e. The Morgan fingerprint density at radius 3 is 2.66 bits per heavy atom. The van der Waals surface area contributed by atoms with Crippen LogP contribution in [0.5, 0.6) is 5.75 Å². The number of rotatable bonds is 8. The van der Waals surface area contributed by atoms with E-state index in [9.17, 15) is 4.79 Å². The molecule has 164 valence electrons. The summed E-state index contributed by atoms with van der Waals surface area (Å²) in [6.45, 7) is 4.56. The zero-order chi connectivity index (χ0) is 22.5. The number of benzene rings is 2. The summed E-state index contributed by atoms with van der Waals surface area (Å²) in [6.07, 6.45) is 3.95. The van der Waals surface area contributed by atoms with Gasteiger partial charge in [-0.25, -0.2) is 4.98 Å². The fourth-order valence-corrected chi connectivity index (χ4v) is 5.25. The van der Waals surface area contributed by atoms with Gasteiger partial charge >= 0.3 is 0 Å². The van der Waals surface area contributed by atoms with Crippen molar-refractivity contribution < 1.29 is 9.53 Å². The van der Waals surface area contributed by atoms with E-state index in [-0.39, 0.29) is 5.91 Å². The lowest BCUT2D eigenvalue weighted by Crippen LogP contribution is -2.30. The molecule has 0 aliphatic carbocycles. The van der Waals surface area contributed by atoms with E-state index in [1.807, 2.05) is 24.3 Å². The Balaban J connectivity index is 1.58. The van der Waals surface area contributed by atoms with Crippen LogP contribution in [0.2, 0.25) is 0 Å². The summed E-state index contributed by atoms with van der Waals surface area (Å²) in [7, 11) is 1.64. The molecule has 0 unspecified atom stereocenters. The molecule has 0 spiro atoms. The molecule has 32 heavy (non-hydrogen) atoms. The number of carbonyl (C=O) groups is 1. The Morgan fingerprint density at radius 2 is 1.94 bits per heavy atom. The molecule has 2 aromatic heterocycles. The number of methoxy groups -OCH3 is 1. The van der Waals surface area contributed by atoms with Gasteiger partial charge < -0.3 is 4.74 Å². The summed E-state index contributed by atoms with van der Waals surface area (Å²) in [4.78, 5) is 25.3. The van der Waals surface area contributed by atoms with Gasteiger partial charge in [-0.3, -0.25) is 14.7 Å². The number of aromatic nitrogens is 2. The van der Waals surface area contributed by atoms with Gasteiger partial charge in [0, 0.05) is 29.5 Å². The Labute approximate surface area is 196 Å². The minimum atomic E-state index is 0.0455. The number of nitrogens with zero attached hydrogens (tertiary/aromatic N) is 3. The molecule has 0 saturated carbocycles. The highest BCUT2D eigenvalue weighted by Gasteiger charge is 2.22. The second kappa shape index (κ2) is 10.1. The van der Waals surface area contributed by atoms with Gasteiger partial charge in [0.15, 0.2) is 5.13 Å². The molecule has 2 heterocycles. The van der Waals surface area contributed by atoms with Gasteiger partial charge in [-0.1, -0.05) is 41.2 Å². The first-order chi connectivity index (χ1) is 15.5. The van der Waals surface area contributed by atoms with E-state index in [1.54, 1.807) is 36.2 Å². The minimum Gasteiger partial charge on any atom is -0.494 e. The number of amides is 1. The quantitative estimate of drug-likeness (QED) is 0.299. The number of thioether (sulfide) groups is 1. The average Bonchev–Trinajstić information content (AvgIpc) is 3.26. The molecule has 4 aromatic rings. The molecule has 1 amide bonds. The van der Waals surface area contributed by atoms with E-state index in [2.05, 4.69) is 43.1 Å². The van der Waals surface area contributed by atoms with Gasteiger partial charge in [-0.15, -0.1) is 11.8 Å². The summed E-state index contributed by atoms with van der Waals surface area (Å²) in [5, 5.41) is 0.682. The van der Waals surface area contributed by atoms with Crippen LogP contribution in [0.3, 0.4) is 0 Å². The van der Waals surface area contributed by atoms with Crippen molar-refractivity contribution in [3.05, 3.63) is 77.6 Å². The van der Waals surface area contributed by atoms with Crippen LogP contribution >= 0.6 is 23.1 Å². The maximum atomic E-state index is 13.3. The SMILES string of the molecule is COc1ccc(C)c2sc(N(Cc3cccnc3)C(=O)CCSc3ccc(C)cc3)nc12. The van der Waals surface area contributed by atoms with Crippen molar-refractivity contribution in [1.82, 2.24) is 9.97 Å². The molecule has 0 radical (unpaired) electrons. The summed E-state index contributed by atoms with van der Waals surface area (Å²) in [5.41, 5.74) is 4.11. The van der Waals surface area contributed by atoms with E-state index in [4.69, 9.17) is 9.72 Å². The number of anilines is 1. The van der Waals surface area contributed by atoms with E-state index in [1.165, 1.54) is 21.8 Å². The Bertz CT molecular complexity index is 1210. The van der Waals surface area contributed by atoms with Gasteiger partial charge in [0.1, 0.15) is 11.3 Å².